The standard InChI is InChI=1S/C36H39N3O5/c1-25-32(27(3)40)34(28-15-17-31(18-16-28)39(42)43)33(26(2)37-25)35(41)44-24-10-21-38-22-19-36(20-23-38,29-11-6-4-7-12-29)30-13-8-5-9-14-30/h4-9,11-18,32,34H,10,19-24H2,1-3H3. The summed E-state index contributed by atoms with van der Waals surface area (Å²) in [5, 5.41) is 11.2. The molecule has 3 aromatic rings. The number of carbonyl (C=O) groups is 2. The van der Waals surface area contributed by atoms with Crippen molar-refractivity contribution < 1.29 is 19.2 Å². The molecule has 2 aliphatic heterocycles. The number of ether oxygens (including phenoxy) is 1. The molecule has 3 aromatic carbocycles. The Morgan fingerprint density at radius 3 is 2.02 bits per heavy atom. The van der Waals surface area contributed by atoms with Crippen molar-refractivity contribution in [2.75, 3.05) is 26.2 Å². The lowest BCUT2D eigenvalue weighted by Crippen LogP contribution is -2.43. The third-order valence-electron chi connectivity index (χ3n) is 9.16. The van der Waals surface area contributed by atoms with Gasteiger partial charge in [0.15, 0.2) is 0 Å². The highest BCUT2D eigenvalue weighted by Gasteiger charge is 2.40. The van der Waals surface area contributed by atoms with E-state index in [0.29, 0.717) is 29.0 Å². The molecule has 2 atom stereocenters. The summed E-state index contributed by atoms with van der Waals surface area (Å²) in [4.78, 5) is 43.9. The first-order chi connectivity index (χ1) is 21.2. The van der Waals surface area contributed by atoms with Gasteiger partial charge in [0, 0.05) is 41.4 Å². The van der Waals surface area contributed by atoms with E-state index in [1.807, 2.05) is 0 Å². The number of ketones is 1. The summed E-state index contributed by atoms with van der Waals surface area (Å²) in [5.41, 5.74) is 4.71. The lowest BCUT2D eigenvalue weighted by Gasteiger charge is -2.43. The Hall–Kier alpha value is -4.43. The normalized spacial score (nSPS) is 20.1. The summed E-state index contributed by atoms with van der Waals surface area (Å²) in [6, 6.07) is 27.5. The number of carbonyl (C=O) groups excluding carboxylic acids is 2. The number of Topliss-reactive ketones (excluding diaryl/α,β-unsaturated/α-hetero) is 1. The second kappa shape index (κ2) is 13.5. The maximum absolute atomic E-state index is 13.5. The van der Waals surface area contributed by atoms with Gasteiger partial charge in [-0.05, 0) is 69.8 Å². The van der Waals surface area contributed by atoms with Crippen LogP contribution in [0.3, 0.4) is 0 Å². The number of hydrogen-bond donors (Lipinski definition) is 0. The first kappa shape index (κ1) is 31.0. The fraction of sp³-hybridized carbons (Fsp3) is 0.361. The average molecular weight is 594 g/mol. The Bertz CT molecular complexity index is 1510. The highest BCUT2D eigenvalue weighted by molar-refractivity contribution is 6.08. The van der Waals surface area contributed by atoms with Gasteiger partial charge in [-0.1, -0.05) is 72.8 Å². The fourth-order valence-corrected chi connectivity index (χ4v) is 6.94. The van der Waals surface area contributed by atoms with E-state index >= 15 is 0 Å². The minimum Gasteiger partial charge on any atom is -0.462 e. The van der Waals surface area contributed by atoms with E-state index in [-0.39, 0.29) is 23.5 Å². The smallest absolute Gasteiger partial charge is 0.336 e. The quantitative estimate of drug-likeness (QED) is 0.113. The third kappa shape index (κ3) is 6.40. The van der Waals surface area contributed by atoms with Crippen LogP contribution in [0.2, 0.25) is 0 Å². The minimum atomic E-state index is -0.648. The van der Waals surface area contributed by atoms with Crippen LogP contribution in [0.1, 0.15) is 62.6 Å². The van der Waals surface area contributed by atoms with E-state index in [1.54, 1.807) is 26.0 Å². The molecule has 2 aliphatic rings. The van der Waals surface area contributed by atoms with Crippen LogP contribution in [0.25, 0.3) is 0 Å². The molecule has 1 saturated heterocycles. The van der Waals surface area contributed by atoms with Crippen LogP contribution in [0, 0.1) is 16.0 Å². The highest BCUT2D eigenvalue weighted by atomic mass is 16.6. The molecule has 44 heavy (non-hydrogen) atoms. The second-order valence-corrected chi connectivity index (χ2v) is 11.8. The van der Waals surface area contributed by atoms with Crippen molar-refractivity contribution in [3.63, 3.8) is 0 Å². The molecule has 2 unspecified atom stereocenters. The van der Waals surface area contributed by atoms with Gasteiger partial charge in [0.2, 0.25) is 0 Å². The second-order valence-electron chi connectivity index (χ2n) is 11.8. The molecule has 0 aliphatic carbocycles. The zero-order valence-corrected chi connectivity index (χ0v) is 25.6. The zero-order chi connectivity index (χ0) is 31.3. The van der Waals surface area contributed by atoms with E-state index in [4.69, 9.17) is 4.74 Å². The van der Waals surface area contributed by atoms with Gasteiger partial charge >= 0.3 is 5.97 Å². The molecule has 0 bridgehead atoms. The van der Waals surface area contributed by atoms with Crippen molar-refractivity contribution >= 4 is 23.2 Å². The van der Waals surface area contributed by atoms with Gasteiger partial charge in [0.05, 0.1) is 23.0 Å². The molecular weight excluding hydrogens is 554 g/mol. The lowest BCUT2D eigenvalue weighted by atomic mass is 9.68. The van der Waals surface area contributed by atoms with Gasteiger partial charge in [0.1, 0.15) is 5.78 Å². The Kier molecular flexibility index (Phi) is 9.49. The molecule has 0 aromatic heterocycles. The topological polar surface area (TPSA) is 102 Å². The number of rotatable bonds is 10. The SMILES string of the molecule is CC(=O)C1C(C)=NC(C)=C(C(=O)OCCCN2CCC(c3ccccc3)(c3ccccc3)CC2)C1c1ccc([N+](=O)[O-])cc1. The first-order valence-electron chi connectivity index (χ1n) is 15.2. The Labute approximate surface area is 258 Å². The third-order valence-corrected chi connectivity index (χ3v) is 9.16. The van der Waals surface area contributed by atoms with Crippen molar-refractivity contribution in [3.8, 4) is 0 Å². The zero-order valence-electron chi connectivity index (χ0n) is 25.6. The van der Waals surface area contributed by atoms with Crippen molar-refractivity contribution in [1.29, 1.82) is 0 Å². The largest absolute Gasteiger partial charge is 0.462 e. The van der Waals surface area contributed by atoms with Gasteiger partial charge in [0.25, 0.3) is 5.69 Å². The van der Waals surface area contributed by atoms with Crippen LogP contribution in [0.4, 0.5) is 5.69 Å². The Balaban J connectivity index is 1.23. The lowest BCUT2D eigenvalue weighted by molar-refractivity contribution is -0.384. The van der Waals surface area contributed by atoms with Crippen LogP contribution in [0.15, 0.2) is 101 Å². The van der Waals surface area contributed by atoms with Gasteiger partial charge < -0.3 is 9.64 Å². The maximum Gasteiger partial charge on any atom is 0.336 e. The molecule has 1 fully saturated rings. The maximum atomic E-state index is 13.5. The molecule has 0 saturated carbocycles. The van der Waals surface area contributed by atoms with Crippen molar-refractivity contribution in [2.45, 2.75) is 51.4 Å². The average Bonchev–Trinajstić information content (AvgIpc) is 3.03. The molecule has 0 amide bonds. The number of esters is 1. The number of hydrogen-bond acceptors (Lipinski definition) is 7. The van der Waals surface area contributed by atoms with E-state index in [9.17, 15) is 19.7 Å². The number of nitro benzene ring substituents is 1. The van der Waals surface area contributed by atoms with Crippen molar-refractivity contribution in [2.24, 2.45) is 10.9 Å². The minimum absolute atomic E-state index is 0.0186. The molecule has 0 spiro atoms. The number of non-ortho nitro benzene ring substituents is 1. The molecule has 0 N–H and O–H groups in total. The number of piperidine rings is 1. The number of benzene rings is 3. The van der Waals surface area contributed by atoms with Gasteiger partial charge in [-0.15, -0.1) is 0 Å². The van der Waals surface area contributed by atoms with Crippen LogP contribution < -0.4 is 0 Å². The predicted octanol–water partition coefficient (Wildman–Crippen LogP) is 6.65. The van der Waals surface area contributed by atoms with Gasteiger partial charge in [-0.3, -0.25) is 19.9 Å². The number of aliphatic imine (C=N–C) groups is 1. The van der Waals surface area contributed by atoms with Crippen molar-refractivity contribution in [1.82, 2.24) is 4.90 Å². The molecule has 2 heterocycles. The monoisotopic (exact) mass is 593 g/mol. The van der Waals surface area contributed by atoms with Crippen LogP contribution >= 0.6 is 0 Å². The van der Waals surface area contributed by atoms with Gasteiger partial charge in [-0.2, -0.15) is 0 Å². The van der Waals surface area contributed by atoms with Crippen molar-refractivity contribution in [3.05, 3.63) is 123 Å². The number of nitro groups is 1. The highest BCUT2D eigenvalue weighted by Crippen LogP contribution is 2.42. The number of nitrogens with zero attached hydrogens (tertiary/aromatic N) is 3. The molecular formula is C36H39N3O5. The van der Waals surface area contributed by atoms with Crippen LogP contribution in [-0.4, -0.2) is 53.5 Å². The number of allylic oxidation sites excluding steroid dienone is 1. The molecule has 228 valence electrons. The van der Waals surface area contributed by atoms with E-state index in [1.165, 1.54) is 30.2 Å². The van der Waals surface area contributed by atoms with Crippen LogP contribution in [0.5, 0.6) is 0 Å². The Morgan fingerprint density at radius 2 is 1.50 bits per heavy atom. The Morgan fingerprint density at radius 1 is 0.932 bits per heavy atom. The summed E-state index contributed by atoms with van der Waals surface area (Å²) >= 11 is 0. The van der Waals surface area contributed by atoms with E-state index in [2.05, 4.69) is 70.6 Å². The summed E-state index contributed by atoms with van der Waals surface area (Å²) in [6.07, 6.45) is 2.70. The first-order valence-corrected chi connectivity index (χ1v) is 15.2. The predicted molar refractivity (Wildman–Crippen MR) is 171 cm³/mol. The molecule has 8 heteroatoms. The fourth-order valence-electron chi connectivity index (χ4n) is 6.94. The summed E-state index contributed by atoms with van der Waals surface area (Å²) in [6.45, 7) is 7.94. The molecule has 0 radical (unpaired) electrons. The number of likely N-dealkylation sites (tertiary alicyclic amines) is 1. The summed E-state index contributed by atoms with van der Waals surface area (Å²) < 4.78 is 5.79. The summed E-state index contributed by atoms with van der Waals surface area (Å²) in [7, 11) is 0. The van der Waals surface area contributed by atoms with Crippen LogP contribution in [-0.2, 0) is 19.7 Å². The van der Waals surface area contributed by atoms with E-state index in [0.717, 1.165) is 32.5 Å². The molecule has 8 nitrogen and oxygen atoms in total. The molecule has 5 rings (SSSR count). The van der Waals surface area contributed by atoms with E-state index < -0.39 is 22.7 Å². The van der Waals surface area contributed by atoms with Gasteiger partial charge in [-0.25, -0.2) is 4.79 Å². The summed E-state index contributed by atoms with van der Waals surface area (Å²) in [5.74, 6) is -1.89.